The fourth-order valence-electron chi connectivity index (χ4n) is 3.08. The molecule has 9 heteroatoms. The molecule has 0 unspecified atom stereocenters. The van der Waals surface area contributed by atoms with E-state index in [1.807, 2.05) is 0 Å². The summed E-state index contributed by atoms with van der Waals surface area (Å²) in [5.74, 6) is -2.39. The van der Waals surface area contributed by atoms with Crippen LogP contribution in [0.15, 0.2) is 59.3 Å². The van der Waals surface area contributed by atoms with Gasteiger partial charge in [0.25, 0.3) is 5.91 Å². The van der Waals surface area contributed by atoms with Crippen molar-refractivity contribution in [2.45, 2.75) is 6.54 Å². The topological polar surface area (TPSA) is 46.9 Å². The predicted octanol–water partition coefficient (Wildman–Crippen LogP) is 6.68. The molecule has 30 heavy (non-hydrogen) atoms. The highest BCUT2D eigenvalue weighted by atomic mass is 79.9. The second-order valence-electron chi connectivity index (χ2n) is 6.48. The van der Waals surface area contributed by atoms with Gasteiger partial charge in [0.05, 0.1) is 12.1 Å². The highest BCUT2D eigenvalue weighted by molar-refractivity contribution is 9.10. The van der Waals surface area contributed by atoms with E-state index in [4.69, 9.17) is 23.2 Å². The summed E-state index contributed by atoms with van der Waals surface area (Å²) < 4.78 is 30.3. The molecule has 0 bridgehead atoms. The highest BCUT2D eigenvalue weighted by Gasteiger charge is 2.20. The van der Waals surface area contributed by atoms with Crippen molar-refractivity contribution in [3.63, 3.8) is 0 Å². The minimum atomic E-state index is -0.862. The molecule has 2 heterocycles. The third-order valence-electron chi connectivity index (χ3n) is 4.48. The zero-order valence-corrected chi connectivity index (χ0v) is 18.2. The normalized spacial score (nSPS) is 11.1. The summed E-state index contributed by atoms with van der Waals surface area (Å²) in [5, 5.41) is 3.81. The first kappa shape index (κ1) is 20.8. The maximum atomic E-state index is 14.0. The van der Waals surface area contributed by atoms with Crippen LogP contribution in [0.5, 0.6) is 0 Å². The minimum Gasteiger partial charge on any atom is -0.327 e. The summed E-state index contributed by atoms with van der Waals surface area (Å²) in [6, 6.07) is 10.2. The van der Waals surface area contributed by atoms with Crippen molar-refractivity contribution in [3.8, 4) is 0 Å². The van der Waals surface area contributed by atoms with E-state index >= 15 is 0 Å². The van der Waals surface area contributed by atoms with Gasteiger partial charge in [-0.1, -0.05) is 35.3 Å². The fraction of sp³-hybridized carbons (Fsp3) is 0.0476. The van der Waals surface area contributed by atoms with Gasteiger partial charge >= 0.3 is 0 Å². The van der Waals surface area contributed by atoms with Gasteiger partial charge in [-0.05, 0) is 51.8 Å². The molecule has 0 aliphatic rings. The van der Waals surface area contributed by atoms with Crippen molar-refractivity contribution in [3.05, 3.63) is 92.1 Å². The third-order valence-corrected chi connectivity index (χ3v) is 5.50. The number of fused-ring (bicyclic) bond motifs is 1. The van der Waals surface area contributed by atoms with Gasteiger partial charge in [0.2, 0.25) is 0 Å². The van der Waals surface area contributed by atoms with Crippen LogP contribution in [0.3, 0.4) is 0 Å². The Balaban J connectivity index is 1.76. The lowest BCUT2D eigenvalue weighted by Crippen LogP contribution is -2.14. The van der Waals surface area contributed by atoms with Crippen molar-refractivity contribution < 1.29 is 13.6 Å². The number of nitrogens with zero attached hydrogens (tertiary/aromatic N) is 2. The number of nitrogens with one attached hydrogen (secondary N) is 1. The molecule has 0 aliphatic carbocycles. The molecule has 1 N–H and O–H groups in total. The maximum absolute atomic E-state index is 14.0. The van der Waals surface area contributed by atoms with Crippen molar-refractivity contribution in [2.75, 3.05) is 5.32 Å². The van der Waals surface area contributed by atoms with Crippen LogP contribution < -0.4 is 5.32 Å². The van der Waals surface area contributed by atoms with Gasteiger partial charge in [0.1, 0.15) is 23.0 Å². The van der Waals surface area contributed by atoms with Gasteiger partial charge in [0.15, 0.2) is 0 Å². The van der Waals surface area contributed by atoms with E-state index in [0.717, 1.165) is 17.7 Å². The lowest BCUT2D eigenvalue weighted by atomic mass is 10.2. The summed E-state index contributed by atoms with van der Waals surface area (Å²) in [7, 11) is 0. The Morgan fingerprint density at radius 2 is 1.87 bits per heavy atom. The second kappa shape index (κ2) is 8.34. The number of aromatic nitrogens is 2. The Morgan fingerprint density at radius 3 is 2.57 bits per heavy atom. The first-order valence-electron chi connectivity index (χ1n) is 8.67. The first-order valence-corrected chi connectivity index (χ1v) is 10.2. The van der Waals surface area contributed by atoms with Crippen LogP contribution in [0.25, 0.3) is 11.0 Å². The average Bonchev–Trinajstić information content (AvgIpc) is 3.04. The lowest BCUT2D eigenvalue weighted by Gasteiger charge is -2.07. The van der Waals surface area contributed by atoms with Crippen molar-refractivity contribution in [1.29, 1.82) is 0 Å². The molecule has 152 valence electrons. The van der Waals surface area contributed by atoms with Crippen molar-refractivity contribution in [1.82, 2.24) is 9.55 Å². The molecule has 2 aromatic carbocycles. The largest absolute Gasteiger partial charge is 0.327 e. The Kier molecular flexibility index (Phi) is 5.77. The Labute approximate surface area is 188 Å². The van der Waals surface area contributed by atoms with Crippen LogP contribution in [-0.2, 0) is 6.54 Å². The van der Waals surface area contributed by atoms with Gasteiger partial charge in [0, 0.05) is 32.3 Å². The molecule has 0 saturated carbocycles. The number of amides is 1. The molecule has 0 aliphatic heterocycles. The summed E-state index contributed by atoms with van der Waals surface area (Å²) in [4.78, 5) is 17.3. The quantitative estimate of drug-likeness (QED) is 0.332. The molecule has 4 rings (SSSR count). The van der Waals surface area contributed by atoms with Gasteiger partial charge in [-0.15, -0.1) is 0 Å². The molecule has 4 nitrogen and oxygen atoms in total. The Morgan fingerprint density at radius 1 is 1.13 bits per heavy atom. The van der Waals surface area contributed by atoms with Crippen LogP contribution >= 0.6 is 39.1 Å². The van der Waals surface area contributed by atoms with E-state index in [1.165, 1.54) is 6.07 Å². The van der Waals surface area contributed by atoms with Crippen LogP contribution in [0.4, 0.5) is 14.5 Å². The number of carbonyl (C=O) groups is 1. The number of hydrogen-bond acceptors (Lipinski definition) is 2. The zero-order valence-electron chi connectivity index (χ0n) is 15.1. The van der Waals surface area contributed by atoms with Crippen LogP contribution in [0.1, 0.15) is 15.9 Å². The van der Waals surface area contributed by atoms with E-state index in [2.05, 4.69) is 26.2 Å². The van der Waals surface area contributed by atoms with E-state index < -0.39 is 23.2 Å². The second-order valence-corrected chi connectivity index (χ2v) is 8.24. The van der Waals surface area contributed by atoms with Gasteiger partial charge in [-0.2, -0.15) is 0 Å². The van der Waals surface area contributed by atoms with Gasteiger partial charge in [-0.25, -0.2) is 13.8 Å². The third kappa shape index (κ3) is 4.05. The molecule has 0 saturated heterocycles. The number of benzene rings is 2. The molecule has 4 aromatic rings. The highest BCUT2D eigenvalue weighted by Crippen LogP contribution is 2.28. The molecule has 1 amide bonds. The van der Waals surface area contributed by atoms with Crippen LogP contribution in [-0.4, -0.2) is 15.5 Å². The van der Waals surface area contributed by atoms with Crippen molar-refractivity contribution >= 4 is 61.8 Å². The van der Waals surface area contributed by atoms with E-state index in [1.54, 1.807) is 41.2 Å². The minimum absolute atomic E-state index is 0.214. The van der Waals surface area contributed by atoms with E-state index in [9.17, 15) is 13.6 Å². The number of pyridine rings is 1. The monoisotopic (exact) mass is 509 g/mol. The van der Waals surface area contributed by atoms with Gasteiger partial charge in [-0.3, -0.25) is 4.79 Å². The van der Waals surface area contributed by atoms with E-state index in [0.29, 0.717) is 32.1 Å². The Hall–Kier alpha value is -2.48. The van der Waals surface area contributed by atoms with Crippen molar-refractivity contribution in [2.24, 2.45) is 0 Å². The number of rotatable bonds is 4. The van der Waals surface area contributed by atoms with Crippen LogP contribution in [0, 0.1) is 11.6 Å². The lowest BCUT2D eigenvalue weighted by molar-refractivity contribution is 0.102. The summed E-state index contributed by atoms with van der Waals surface area (Å²) >= 11 is 15.6. The molecule has 0 atom stereocenters. The fourth-order valence-corrected chi connectivity index (χ4v) is 3.88. The number of carbonyl (C=O) groups excluding carboxylic acids is 1. The summed E-state index contributed by atoms with van der Waals surface area (Å²) in [5.41, 5.74) is 0.997. The zero-order chi connectivity index (χ0) is 21.4. The number of anilines is 1. The maximum Gasteiger partial charge on any atom is 0.258 e. The smallest absolute Gasteiger partial charge is 0.258 e. The number of hydrogen-bond donors (Lipinski definition) is 1. The van der Waals surface area contributed by atoms with Crippen LogP contribution in [0.2, 0.25) is 10.0 Å². The average molecular weight is 511 g/mol. The predicted molar refractivity (Wildman–Crippen MR) is 117 cm³/mol. The SMILES string of the molecule is O=C(Nc1c(F)cccc1F)c1cn(Cc2ccc(Cl)cc2Cl)c2ncc(Br)cc12. The molecular weight excluding hydrogens is 499 g/mol. The molecular formula is C21H12BrCl2F2N3O. The molecule has 2 aromatic heterocycles. The van der Waals surface area contributed by atoms with Gasteiger partial charge < -0.3 is 9.88 Å². The summed E-state index contributed by atoms with van der Waals surface area (Å²) in [6.45, 7) is 0.322. The first-order chi connectivity index (χ1) is 14.3. The van der Waals surface area contributed by atoms with E-state index in [-0.39, 0.29) is 5.56 Å². The number of para-hydroxylation sites is 1. The molecule has 0 radical (unpaired) electrons. The standard InChI is InChI=1S/C21H12BrCl2F2N3O/c22-12-6-14-15(21(30)28-19-17(25)2-1-3-18(19)26)10-29(20(14)27-8-12)9-11-4-5-13(23)7-16(11)24/h1-8,10H,9H2,(H,28,30). The molecule has 0 fully saturated rings. The number of halogens is 5. The summed E-state index contributed by atoms with van der Waals surface area (Å²) in [6.07, 6.45) is 3.17. The molecule has 0 spiro atoms. The Bertz CT molecular complexity index is 1270.